The fraction of sp³-hybridized carbons (Fsp3) is 0.353. The minimum atomic E-state index is 0. The lowest BCUT2D eigenvalue weighted by molar-refractivity contribution is 0.429. The zero-order valence-corrected chi connectivity index (χ0v) is 16.2. The van der Waals surface area contributed by atoms with Crippen LogP contribution in [0.2, 0.25) is 0 Å². The van der Waals surface area contributed by atoms with Gasteiger partial charge in [0.15, 0.2) is 0 Å². The number of amidine groups is 1. The molecule has 0 aliphatic heterocycles. The van der Waals surface area contributed by atoms with Gasteiger partial charge in [0.25, 0.3) is 0 Å². The summed E-state index contributed by atoms with van der Waals surface area (Å²) in [6, 6.07) is 12.2. The number of nitrogens with one attached hydrogen (secondary N) is 1. The Kier molecular flexibility index (Phi) is 9.47. The lowest BCUT2D eigenvalue weighted by atomic mass is 10.1. The molecule has 2 aromatic rings. The van der Waals surface area contributed by atoms with Crippen molar-refractivity contribution in [3.8, 4) is 0 Å². The van der Waals surface area contributed by atoms with Gasteiger partial charge in [-0.2, -0.15) is 0 Å². The van der Waals surface area contributed by atoms with Crippen LogP contribution in [0.3, 0.4) is 0 Å². The molecule has 0 spiro atoms. The molecule has 6 heteroatoms. The highest BCUT2D eigenvalue weighted by molar-refractivity contribution is 7.12. The minimum Gasteiger partial charge on any atom is -0.383 e. The van der Waals surface area contributed by atoms with E-state index >= 15 is 0 Å². The molecule has 3 nitrogen and oxygen atoms in total. The second-order valence-corrected chi connectivity index (χ2v) is 7.02. The molecule has 1 aromatic heterocycles. The third kappa shape index (κ3) is 7.84. The quantitative estimate of drug-likeness (QED) is 0.595. The van der Waals surface area contributed by atoms with Crippen LogP contribution in [-0.4, -0.2) is 17.9 Å². The van der Waals surface area contributed by atoms with E-state index in [1.807, 2.05) is 29.6 Å². The molecule has 2 rings (SSSR count). The summed E-state index contributed by atoms with van der Waals surface area (Å²) >= 11 is 1.60. The summed E-state index contributed by atoms with van der Waals surface area (Å²) in [6.07, 6.45) is 1.02. The monoisotopic (exact) mass is 373 g/mol. The molecule has 128 valence electrons. The fourth-order valence-corrected chi connectivity index (χ4v) is 2.56. The van der Waals surface area contributed by atoms with Crippen LogP contribution in [0.1, 0.15) is 31.2 Å². The van der Waals surface area contributed by atoms with E-state index in [1.165, 1.54) is 5.56 Å². The van der Waals surface area contributed by atoms with Crippen LogP contribution in [-0.2, 0) is 6.42 Å². The molecule has 0 unspecified atom stereocenters. The van der Waals surface area contributed by atoms with Crippen LogP contribution in [0.25, 0.3) is 0 Å². The molecular weight excluding hydrogens is 349 g/mol. The molecule has 0 saturated carbocycles. The average Bonchev–Trinajstić information content (AvgIpc) is 2.93. The lowest BCUT2D eigenvalue weighted by Gasteiger charge is -2.20. The van der Waals surface area contributed by atoms with E-state index in [-0.39, 0.29) is 30.4 Å². The molecule has 0 fully saturated rings. The lowest BCUT2D eigenvalue weighted by Crippen LogP contribution is -2.37. The number of halogens is 2. The Morgan fingerprint density at radius 2 is 1.78 bits per heavy atom. The third-order valence-corrected chi connectivity index (χ3v) is 3.92. The fourth-order valence-electron chi connectivity index (χ4n) is 1.94. The molecule has 1 aromatic carbocycles. The Morgan fingerprint density at radius 3 is 2.30 bits per heavy atom. The second kappa shape index (κ2) is 9.93. The highest BCUT2D eigenvalue weighted by atomic mass is 35.5. The number of rotatable bonds is 5. The van der Waals surface area contributed by atoms with E-state index in [2.05, 4.69) is 43.2 Å². The number of thiophene rings is 1. The number of hydrogen-bond donors (Lipinski definition) is 2. The highest BCUT2D eigenvalue weighted by Gasteiger charge is 2.07. The zero-order valence-electron chi connectivity index (χ0n) is 13.7. The predicted octanol–water partition coefficient (Wildman–Crippen LogP) is 4.56. The highest BCUT2D eigenvalue weighted by Crippen LogP contribution is 2.16. The molecule has 0 radical (unpaired) electrons. The number of hydrogen-bond acceptors (Lipinski definition) is 3. The maximum absolute atomic E-state index is 5.99. The SMILES string of the molecule is CC(C)(C)NCCc1ccc(N=C(N)c2cccs2)cc1.Cl.Cl. The van der Waals surface area contributed by atoms with Crippen molar-refractivity contribution in [3.63, 3.8) is 0 Å². The van der Waals surface area contributed by atoms with Gasteiger partial charge in [0.2, 0.25) is 0 Å². The topological polar surface area (TPSA) is 50.4 Å². The van der Waals surface area contributed by atoms with E-state index < -0.39 is 0 Å². The molecule has 0 atom stereocenters. The Morgan fingerprint density at radius 1 is 1.13 bits per heavy atom. The van der Waals surface area contributed by atoms with Crippen LogP contribution < -0.4 is 11.1 Å². The number of nitrogens with zero attached hydrogens (tertiary/aromatic N) is 1. The molecule has 23 heavy (non-hydrogen) atoms. The van der Waals surface area contributed by atoms with Crippen LogP contribution in [0, 0.1) is 0 Å². The van der Waals surface area contributed by atoms with Crippen molar-refractivity contribution in [3.05, 3.63) is 52.2 Å². The summed E-state index contributed by atoms with van der Waals surface area (Å²) in [5, 5.41) is 5.49. The average molecular weight is 374 g/mol. The third-order valence-electron chi connectivity index (χ3n) is 3.03. The molecular formula is C17H25Cl2N3S. The van der Waals surface area contributed by atoms with E-state index in [0.29, 0.717) is 5.84 Å². The predicted molar refractivity (Wildman–Crippen MR) is 107 cm³/mol. The molecule has 0 aliphatic rings. The smallest absolute Gasteiger partial charge is 0.141 e. The van der Waals surface area contributed by atoms with Crippen LogP contribution >= 0.6 is 36.2 Å². The van der Waals surface area contributed by atoms with Gasteiger partial charge in [0.1, 0.15) is 5.84 Å². The van der Waals surface area contributed by atoms with Gasteiger partial charge in [-0.3, -0.25) is 0 Å². The Hall–Kier alpha value is -1.07. The van der Waals surface area contributed by atoms with Gasteiger partial charge in [0, 0.05) is 5.54 Å². The van der Waals surface area contributed by atoms with Crippen LogP contribution in [0.4, 0.5) is 5.69 Å². The molecule has 3 N–H and O–H groups in total. The van der Waals surface area contributed by atoms with Crippen molar-refractivity contribution in [1.82, 2.24) is 5.32 Å². The molecule has 1 heterocycles. The first-order valence-electron chi connectivity index (χ1n) is 7.16. The van der Waals surface area contributed by atoms with Crippen molar-refractivity contribution in [1.29, 1.82) is 0 Å². The first-order chi connectivity index (χ1) is 9.94. The maximum Gasteiger partial charge on any atom is 0.141 e. The number of nitrogens with two attached hydrogens (primary N) is 1. The first kappa shape index (κ1) is 21.9. The number of benzene rings is 1. The van der Waals surface area contributed by atoms with Gasteiger partial charge in [-0.15, -0.1) is 36.2 Å². The van der Waals surface area contributed by atoms with Crippen LogP contribution in [0.15, 0.2) is 46.8 Å². The molecule has 0 aliphatic carbocycles. The molecule has 0 amide bonds. The summed E-state index contributed by atoms with van der Waals surface area (Å²) in [5.74, 6) is 0.576. The minimum absolute atomic E-state index is 0. The summed E-state index contributed by atoms with van der Waals surface area (Å²) in [4.78, 5) is 5.46. The summed E-state index contributed by atoms with van der Waals surface area (Å²) < 4.78 is 0. The van der Waals surface area contributed by atoms with Gasteiger partial charge in [-0.25, -0.2) is 4.99 Å². The maximum atomic E-state index is 5.99. The van der Waals surface area contributed by atoms with Crippen LogP contribution in [0.5, 0.6) is 0 Å². The van der Waals surface area contributed by atoms with Crippen molar-refractivity contribution < 1.29 is 0 Å². The van der Waals surface area contributed by atoms with Gasteiger partial charge < -0.3 is 11.1 Å². The van der Waals surface area contributed by atoms with E-state index in [9.17, 15) is 0 Å². The standard InChI is InChI=1S/C17H23N3S.2ClH/c1-17(2,3)19-11-10-13-6-8-14(9-7-13)20-16(18)15-5-4-12-21-15;;/h4-9,12,19H,10-11H2,1-3H3,(H2,18,20);2*1H. The van der Waals surface area contributed by atoms with Gasteiger partial charge in [-0.05, 0) is 62.9 Å². The van der Waals surface area contributed by atoms with E-state index in [0.717, 1.165) is 23.5 Å². The second-order valence-electron chi connectivity index (χ2n) is 6.07. The Labute approximate surface area is 155 Å². The Bertz CT molecular complexity index is 587. The van der Waals surface area contributed by atoms with Crippen molar-refractivity contribution >= 4 is 47.7 Å². The van der Waals surface area contributed by atoms with Gasteiger partial charge in [-0.1, -0.05) is 18.2 Å². The largest absolute Gasteiger partial charge is 0.383 e. The van der Waals surface area contributed by atoms with Crippen molar-refractivity contribution in [2.75, 3.05) is 6.54 Å². The summed E-state index contributed by atoms with van der Waals surface area (Å²) in [5.41, 5.74) is 8.36. The van der Waals surface area contributed by atoms with Gasteiger partial charge in [0.05, 0.1) is 10.6 Å². The zero-order chi connectivity index (χ0) is 15.3. The summed E-state index contributed by atoms with van der Waals surface area (Å²) in [7, 11) is 0. The molecule has 0 saturated heterocycles. The number of aliphatic imine (C=N–C) groups is 1. The summed E-state index contributed by atoms with van der Waals surface area (Å²) in [6.45, 7) is 7.51. The van der Waals surface area contributed by atoms with Crippen molar-refractivity contribution in [2.45, 2.75) is 32.7 Å². The van der Waals surface area contributed by atoms with E-state index in [4.69, 9.17) is 5.73 Å². The van der Waals surface area contributed by atoms with Crippen molar-refractivity contribution in [2.24, 2.45) is 10.7 Å². The first-order valence-corrected chi connectivity index (χ1v) is 8.04. The van der Waals surface area contributed by atoms with Gasteiger partial charge >= 0.3 is 0 Å². The normalized spacial score (nSPS) is 11.5. The Balaban J connectivity index is 0.00000242. The molecule has 0 bridgehead atoms. The van der Waals surface area contributed by atoms with E-state index in [1.54, 1.807) is 11.3 Å².